The minimum absolute atomic E-state index is 0.0610. The first kappa shape index (κ1) is 13.2. The third-order valence-corrected chi connectivity index (χ3v) is 3.69. The maximum absolute atomic E-state index is 11.1. The average molecular weight is 306 g/mol. The van der Waals surface area contributed by atoms with Gasteiger partial charge < -0.3 is 4.57 Å². The van der Waals surface area contributed by atoms with E-state index in [2.05, 4.69) is 0 Å². The van der Waals surface area contributed by atoms with E-state index in [1.54, 1.807) is 31.3 Å². The van der Waals surface area contributed by atoms with Gasteiger partial charge >= 0.3 is 5.69 Å². The van der Waals surface area contributed by atoms with Crippen molar-refractivity contribution >= 4 is 40.5 Å². The van der Waals surface area contributed by atoms with Crippen molar-refractivity contribution < 1.29 is 4.92 Å². The molecule has 2 rings (SSSR count). The lowest BCUT2D eigenvalue weighted by atomic mass is 10.1. The van der Waals surface area contributed by atoms with Crippen LogP contribution in [0.4, 0.5) is 5.69 Å². The van der Waals surface area contributed by atoms with E-state index >= 15 is 0 Å². The van der Waals surface area contributed by atoms with E-state index in [4.69, 9.17) is 34.8 Å². The minimum Gasteiger partial charge on any atom is -0.328 e. The first-order valence-corrected chi connectivity index (χ1v) is 6.01. The predicted octanol–water partition coefficient (Wildman–Crippen LogP) is 4.56. The van der Waals surface area contributed by atoms with Crippen molar-refractivity contribution in [1.29, 1.82) is 0 Å². The molecule has 18 heavy (non-hydrogen) atoms. The molecule has 0 amide bonds. The number of nitro groups is 1. The summed E-state index contributed by atoms with van der Waals surface area (Å²) in [6.07, 6.45) is 0. The number of benzene rings is 1. The molecule has 2 aromatic rings. The van der Waals surface area contributed by atoms with Crippen molar-refractivity contribution in [2.45, 2.75) is 0 Å². The Morgan fingerprint density at radius 2 is 1.72 bits per heavy atom. The van der Waals surface area contributed by atoms with Gasteiger partial charge in [0.2, 0.25) is 0 Å². The summed E-state index contributed by atoms with van der Waals surface area (Å²) < 4.78 is 1.48. The Balaban J connectivity index is 2.74. The van der Waals surface area contributed by atoms with Gasteiger partial charge in [0.05, 0.1) is 4.92 Å². The molecule has 0 N–H and O–H groups in total. The summed E-state index contributed by atoms with van der Waals surface area (Å²) >= 11 is 17.6. The molecule has 0 aliphatic heterocycles. The highest BCUT2D eigenvalue weighted by atomic mass is 35.5. The summed E-state index contributed by atoms with van der Waals surface area (Å²) in [5, 5.41) is 11.7. The van der Waals surface area contributed by atoms with Crippen molar-refractivity contribution in [1.82, 2.24) is 4.57 Å². The second kappa shape index (κ2) is 4.80. The van der Waals surface area contributed by atoms with Crippen LogP contribution in [0.3, 0.4) is 0 Å². The van der Waals surface area contributed by atoms with Gasteiger partial charge in [-0.25, -0.2) is 0 Å². The van der Waals surface area contributed by atoms with Crippen molar-refractivity contribution in [2.24, 2.45) is 7.05 Å². The fourth-order valence-electron chi connectivity index (χ4n) is 1.71. The highest BCUT2D eigenvalue weighted by Crippen LogP contribution is 2.42. The topological polar surface area (TPSA) is 48.1 Å². The Bertz CT molecular complexity index is 620. The van der Waals surface area contributed by atoms with Gasteiger partial charge in [0.25, 0.3) is 0 Å². The molecule has 0 saturated carbocycles. The van der Waals surface area contributed by atoms with Gasteiger partial charge in [-0.1, -0.05) is 46.9 Å². The standard InChI is InChI=1S/C11H7Cl3N2O2/c1-15-9(6-2-4-7(12)5-3-6)10(16(17)18)8(13)11(15)14/h2-5H,1H3. The van der Waals surface area contributed by atoms with Gasteiger partial charge in [0, 0.05) is 17.6 Å². The van der Waals surface area contributed by atoms with E-state index in [-0.39, 0.29) is 15.9 Å². The van der Waals surface area contributed by atoms with Crippen LogP contribution in [0.15, 0.2) is 24.3 Å². The van der Waals surface area contributed by atoms with Gasteiger partial charge in [0.15, 0.2) is 5.02 Å². The molecule has 1 heterocycles. The molecule has 0 atom stereocenters. The maximum atomic E-state index is 11.1. The molecule has 0 aliphatic carbocycles. The SMILES string of the molecule is Cn1c(Cl)c(Cl)c([N+](=O)[O-])c1-c1ccc(Cl)cc1. The summed E-state index contributed by atoms with van der Waals surface area (Å²) in [5.74, 6) is 0. The lowest BCUT2D eigenvalue weighted by molar-refractivity contribution is -0.383. The van der Waals surface area contributed by atoms with E-state index in [9.17, 15) is 10.1 Å². The van der Waals surface area contributed by atoms with Crippen molar-refractivity contribution in [3.05, 3.63) is 49.6 Å². The molecule has 0 spiro atoms. The van der Waals surface area contributed by atoms with Crippen LogP contribution in [0.1, 0.15) is 0 Å². The van der Waals surface area contributed by atoms with Crippen LogP contribution < -0.4 is 0 Å². The Labute approximate surface area is 118 Å². The zero-order valence-corrected chi connectivity index (χ0v) is 11.4. The molecule has 0 radical (unpaired) electrons. The van der Waals surface area contributed by atoms with Crippen LogP contribution in [0, 0.1) is 10.1 Å². The van der Waals surface area contributed by atoms with E-state index in [0.29, 0.717) is 16.3 Å². The normalized spacial score (nSPS) is 10.7. The number of rotatable bonds is 2. The predicted molar refractivity (Wildman–Crippen MR) is 72.5 cm³/mol. The van der Waals surface area contributed by atoms with Gasteiger partial charge in [-0.05, 0) is 12.1 Å². The summed E-state index contributed by atoms with van der Waals surface area (Å²) in [7, 11) is 1.62. The van der Waals surface area contributed by atoms with Crippen molar-refractivity contribution in [3.8, 4) is 11.3 Å². The molecule has 0 fully saturated rings. The van der Waals surface area contributed by atoms with Crippen molar-refractivity contribution in [3.63, 3.8) is 0 Å². The fourth-order valence-corrected chi connectivity index (χ4v) is 2.30. The number of hydrogen-bond donors (Lipinski definition) is 0. The van der Waals surface area contributed by atoms with E-state index in [0.717, 1.165) is 0 Å². The smallest absolute Gasteiger partial charge is 0.315 e. The summed E-state index contributed by atoms with van der Waals surface area (Å²) in [6.45, 7) is 0. The quantitative estimate of drug-likeness (QED) is 0.603. The van der Waals surface area contributed by atoms with E-state index in [1.807, 2.05) is 0 Å². The molecule has 7 heteroatoms. The second-order valence-electron chi connectivity index (χ2n) is 3.63. The van der Waals surface area contributed by atoms with Crippen LogP contribution in [0.2, 0.25) is 15.2 Å². The highest BCUT2D eigenvalue weighted by molar-refractivity contribution is 6.43. The zero-order chi connectivity index (χ0) is 13.4. The number of aromatic nitrogens is 1. The third kappa shape index (κ3) is 2.07. The van der Waals surface area contributed by atoms with Crippen LogP contribution >= 0.6 is 34.8 Å². The average Bonchev–Trinajstić information content (AvgIpc) is 2.55. The summed E-state index contributed by atoms with van der Waals surface area (Å²) in [4.78, 5) is 10.5. The van der Waals surface area contributed by atoms with Crippen LogP contribution in [0.5, 0.6) is 0 Å². The van der Waals surface area contributed by atoms with Crippen LogP contribution in [-0.2, 0) is 7.05 Å². The maximum Gasteiger partial charge on any atom is 0.315 e. The van der Waals surface area contributed by atoms with Gasteiger partial charge in [-0.15, -0.1) is 0 Å². The van der Waals surface area contributed by atoms with Gasteiger partial charge in [0.1, 0.15) is 10.8 Å². The first-order chi connectivity index (χ1) is 8.43. The molecule has 94 valence electrons. The number of nitrogens with zero attached hydrogens (tertiary/aromatic N) is 2. The molecule has 0 unspecified atom stereocenters. The summed E-state index contributed by atoms with van der Waals surface area (Å²) in [5.41, 5.74) is 0.778. The molecule has 0 aliphatic rings. The lowest BCUT2D eigenvalue weighted by Gasteiger charge is -2.03. The molecular formula is C11H7Cl3N2O2. The van der Waals surface area contributed by atoms with E-state index < -0.39 is 4.92 Å². The van der Waals surface area contributed by atoms with Gasteiger partial charge in [-0.3, -0.25) is 10.1 Å². The fraction of sp³-hybridized carbons (Fsp3) is 0.0909. The summed E-state index contributed by atoms with van der Waals surface area (Å²) in [6, 6.07) is 6.65. The molecule has 0 saturated heterocycles. The minimum atomic E-state index is -0.543. The first-order valence-electron chi connectivity index (χ1n) is 4.87. The zero-order valence-electron chi connectivity index (χ0n) is 9.15. The molecular weight excluding hydrogens is 298 g/mol. The molecule has 1 aromatic carbocycles. The van der Waals surface area contributed by atoms with Crippen LogP contribution in [-0.4, -0.2) is 9.49 Å². The number of hydrogen-bond acceptors (Lipinski definition) is 2. The Morgan fingerprint density at radius 1 is 1.17 bits per heavy atom. The Hall–Kier alpha value is -1.23. The number of halogens is 3. The molecule has 1 aromatic heterocycles. The van der Waals surface area contributed by atoms with Crippen molar-refractivity contribution in [2.75, 3.05) is 0 Å². The largest absolute Gasteiger partial charge is 0.328 e. The molecule has 4 nitrogen and oxygen atoms in total. The Morgan fingerprint density at radius 3 is 2.22 bits per heavy atom. The highest BCUT2D eigenvalue weighted by Gasteiger charge is 2.28. The van der Waals surface area contributed by atoms with Gasteiger partial charge in [-0.2, -0.15) is 0 Å². The lowest BCUT2D eigenvalue weighted by Crippen LogP contribution is -1.95. The monoisotopic (exact) mass is 304 g/mol. The van der Waals surface area contributed by atoms with E-state index in [1.165, 1.54) is 4.57 Å². The third-order valence-electron chi connectivity index (χ3n) is 2.54. The molecule has 0 bridgehead atoms. The Kier molecular flexibility index (Phi) is 3.52. The van der Waals surface area contributed by atoms with Crippen LogP contribution in [0.25, 0.3) is 11.3 Å². The second-order valence-corrected chi connectivity index (χ2v) is 4.80.